The summed E-state index contributed by atoms with van der Waals surface area (Å²) in [6.07, 6.45) is 3.48. The van der Waals surface area contributed by atoms with Gasteiger partial charge in [0.15, 0.2) is 5.58 Å². The van der Waals surface area contributed by atoms with Crippen LogP contribution in [-0.4, -0.2) is 27.1 Å². The Balaban J connectivity index is 1.63. The van der Waals surface area contributed by atoms with E-state index in [0.717, 1.165) is 11.3 Å². The zero-order valence-corrected chi connectivity index (χ0v) is 16.0. The molecule has 8 heteroatoms. The second kappa shape index (κ2) is 7.67. The Kier molecular flexibility index (Phi) is 4.90. The van der Waals surface area contributed by atoms with Crippen molar-refractivity contribution in [2.24, 2.45) is 7.05 Å². The van der Waals surface area contributed by atoms with Gasteiger partial charge < -0.3 is 19.0 Å². The number of methoxy groups -OCH3 is 1. The number of fused-ring (bicyclic) bond motifs is 1. The first-order chi connectivity index (χ1) is 14.1. The van der Waals surface area contributed by atoms with Gasteiger partial charge in [-0.2, -0.15) is 0 Å². The molecule has 0 saturated carbocycles. The summed E-state index contributed by atoms with van der Waals surface area (Å²) in [7, 11) is 3.46. The van der Waals surface area contributed by atoms with Crippen LogP contribution in [0.3, 0.4) is 0 Å². The highest BCUT2D eigenvalue weighted by atomic mass is 16.5. The second-order valence-electron chi connectivity index (χ2n) is 6.59. The lowest BCUT2D eigenvalue weighted by molar-refractivity contribution is -0.122. The molecule has 2 aromatic carbocycles. The van der Waals surface area contributed by atoms with E-state index in [9.17, 15) is 9.59 Å². The van der Waals surface area contributed by atoms with Crippen molar-refractivity contribution in [3.8, 4) is 5.75 Å². The van der Waals surface area contributed by atoms with Gasteiger partial charge in [-0.1, -0.05) is 24.3 Å². The number of carbonyl (C=O) groups excluding carboxylic acids is 1. The van der Waals surface area contributed by atoms with Gasteiger partial charge in [0.25, 0.3) is 0 Å². The number of rotatable bonds is 6. The summed E-state index contributed by atoms with van der Waals surface area (Å²) >= 11 is 0. The number of para-hydroxylation sites is 2. The largest absolute Gasteiger partial charge is 0.497 e. The first-order valence-corrected chi connectivity index (χ1v) is 9.05. The molecule has 0 bridgehead atoms. The van der Waals surface area contributed by atoms with E-state index < -0.39 is 11.8 Å². The number of oxazole rings is 1. The van der Waals surface area contributed by atoms with Gasteiger partial charge in [-0.05, 0) is 29.8 Å². The van der Waals surface area contributed by atoms with Crippen LogP contribution in [0.4, 0.5) is 0 Å². The Morgan fingerprint density at radius 1 is 1.21 bits per heavy atom. The summed E-state index contributed by atoms with van der Waals surface area (Å²) < 4.78 is 13.6. The van der Waals surface area contributed by atoms with Crippen molar-refractivity contribution in [3.63, 3.8) is 0 Å². The molecule has 0 aliphatic carbocycles. The number of nitrogens with zero attached hydrogens (tertiary/aromatic N) is 3. The van der Waals surface area contributed by atoms with E-state index in [4.69, 9.17) is 9.15 Å². The second-order valence-corrected chi connectivity index (χ2v) is 6.59. The number of aromatic nitrogens is 3. The standard InChI is InChI=1S/C21H20N4O4/c1-24-12-11-22-20(24)19(14-7-9-15(28-2)10-8-14)23-18(26)13-25-16-5-3-4-6-17(16)29-21(25)27/h3-12,19H,13H2,1-2H3,(H,23,26)/t19-/m1/s1. The zero-order valence-electron chi connectivity index (χ0n) is 16.0. The maximum Gasteiger partial charge on any atom is 0.420 e. The minimum Gasteiger partial charge on any atom is -0.497 e. The first kappa shape index (κ1) is 18.5. The molecule has 148 valence electrons. The third-order valence-corrected chi connectivity index (χ3v) is 4.75. The number of ether oxygens (including phenoxy) is 1. The fraction of sp³-hybridized carbons (Fsp3) is 0.190. The number of nitrogens with one attached hydrogen (secondary N) is 1. The van der Waals surface area contributed by atoms with E-state index in [1.165, 1.54) is 4.57 Å². The molecule has 0 unspecified atom stereocenters. The fourth-order valence-corrected chi connectivity index (χ4v) is 3.26. The van der Waals surface area contributed by atoms with Crippen LogP contribution in [-0.2, 0) is 18.4 Å². The quantitative estimate of drug-likeness (QED) is 0.543. The molecule has 1 N–H and O–H groups in total. The van der Waals surface area contributed by atoms with Crippen LogP contribution >= 0.6 is 0 Å². The molecular formula is C21H20N4O4. The maximum absolute atomic E-state index is 12.8. The third kappa shape index (κ3) is 3.64. The molecule has 1 amide bonds. The number of hydrogen-bond donors (Lipinski definition) is 1. The normalized spacial score (nSPS) is 12.1. The smallest absolute Gasteiger partial charge is 0.420 e. The van der Waals surface area contributed by atoms with Gasteiger partial charge >= 0.3 is 5.76 Å². The van der Waals surface area contributed by atoms with Crippen LogP contribution in [0.15, 0.2) is 70.1 Å². The average Bonchev–Trinajstić information content (AvgIpc) is 3.29. The highest BCUT2D eigenvalue weighted by Gasteiger charge is 2.22. The first-order valence-electron chi connectivity index (χ1n) is 9.05. The molecule has 29 heavy (non-hydrogen) atoms. The van der Waals surface area contributed by atoms with Crippen molar-refractivity contribution in [3.05, 3.63) is 82.9 Å². The predicted molar refractivity (Wildman–Crippen MR) is 107 cm³/mol. The van der Waals surface area contributed by atoms with Crippen molar-refractivity contribution >= 4 is 17.0 Å². The number of amides is 1. The molecule has 0 fully saturated rings. The summed E-state index contributed by atoms with van der Waals surface area (Å²) in [5.41, 5.74) is 1.87. The van der Waals surface area contributed by atoms with Crippen LogP contribution < -0.4 is 15.8 Å². The third-order valence-electron chi connectivity index (χ3n) is 4.75. The lowest BCUT2D eigenvalue weighted by atomic mass is 10.1. The monoisotopic (exact) mass is 392 g/mol. The molecule has 8 nitrogen and oxygen atoms in total. The number of benzene rings is 2. The van der Waals surface area contributed by atoms with Crippen LogP contribution in [0.2, 0.25) is 0 Å². The average molecular weight is 392 g/mol. The molecule has 1 atom stereocenters. The number of carbonyl (C=O) groups is 1. The van der Waals surface area contributed by atoms with Crippen LogP contribution in [0, 0.1) is 0 Å². The van der Waals surface area contributed by atoms with Crippen LogP contribution in [0.1, 0.15) is 17.4 Å². The number of aryl methyl sites for hydroxylation is 1. The van der Waals surface area contributed by atoms with E-state index >= 15 is 0 Å². The van der Waals surface area contributed by atoms with Gasteiger partial charge in [0.1, 0.15) is 24.2 Å². The van der Waals surface area contributed by atoms with Crippen molar-refractivity contribution in [1.29, 1.82) is 0 Å². The summed E-state index contributed by atoms with van der Waals surface area (Å²) in [5.74, 6) is 0.491. The molecule has 2 heterocycles. The molecule has 0 radical (unpaired) electrons. The Labute approximate surface area is 166 Å². The molecule has 2 aromatic heterocycles. The zero-order chi connectivity index (χ0) is 20.4. The fourth-order valence-electron chi connectivity index (χ4n) is 3.26. The minimum atomic E-state index is -0.570. The lowest BCUT2D eigenvalue weighted by Crippen LogP contribution is -2.35. The molecule has 4 aromatic rings. The summed E-state index contributed by atoms with van der Waals surface area (Å²) in [6, 6.07) is 13.9. The van der Waals surface area contributed by atoms with E-state index in [2.05, 4.69) is 10.3 Å². The minimum absolute atomic E-state index is 0.160. The molecule has 0 aliphatic heterocycles. The topological polar surface area (TPSA) is 91.3 Å². The Bertz CT molecular complexity index is 1200. The van der Waals surface area contributed by atoms with Gasteiger partial charge in [0.05, 0.1) is 12.6 Å². The van der Waals surface area contributed by atoms with Crippen molar-refractivity contribution in [2.45, 2.75) is 12.6 Å². The SMILES string of the molecule is COc1ccc([C@@H](NC(=O)Cn2c(=O)oc3ccccc32)c2nccn2C)cc1. The summed E-state index contributed by atoms with van der Waals surface area (Å²) in [6.45, 7) is -0.160. The Morgan fingerprint density at radius 2 is 1.97 bits per heavy atom. The Morgan fingerprint density at radius 3 is 2.66 bits per heavy atom. The maximum atomic E-state index is 12.8. The van der Waals surface area contributed by atoms with Crippen molar-refractivity contribution in [1.82, 2.24) is 19.4 Å². The highest BCUT2D eigenvalue weighted by molar-refractivity contribution is 5.80. The summed E-state index contributed by atoms with van der Waals surface area (Å²) in [5, 5.41) is 2.98. The highest BCUT2D eigenvalue weighted by Crippen LogP contribution is 2.23. The van der Waals surface area contributed by atoms with Crippen LogP contribution in [0.25, 0.3) is 11.1 Å². The van der Waals surface area contributed by atoms with Gasteiger partial charge in [-0.25, -0.2) is 9.78 Å². The van der Waals surface area contributed by atoms with E-state index in [-0.39, 0.29) is 12.5 Å². The molecular weight excluding hydrogens is 372 g/mol. The number of imidazole rings is 1. The van der Waals surface area contributed by atoms with Gasteiger partial charge in [-0.3, -0.25) is 9.36 Å². The van der Waals surface area contributed by atoms with Gasteiger partial charge in [-0.15, -0.1) is 0 Å². The molecule has 0 spiro atoms. The van der Waals surface area contributed by atoms with Crippen molar-refractivity contribution < 1.29 is 13.9 Å². The van der Waals surface area contributed by atoms with Crippen molar-refractivity contribution in [2.75, 3.05) is 7.11 Å². The predicted octanol–water partition coefficient (Wildman–Crippen LogP) is 2.24. The van der Waals surface area contributed by atoms with E-state index in [1.807, 2.05) is 42.1 Å². The van der Waals surface area contributed by atoms with Crippen LogP contribution in [0.5, 0.6) is 5.75 Å². The number of hydrogen-bond acceptors (Lipinski definition) is 5. The van der Waals surface area contributed by atoms with E-state index in [0.29, 0.717) is 16.9 Å². The molecule has 0 aliphatic rings. The molecule has 0 saturated heterocycles. The lowest BCUT2D eigenvalue weighted by Gasteiger charge is -2.19. The van der Waals surface area contributed by atoms with E-state index in [1.54, 1.807) is 37.6 Å². The summed E-state index contributed by atoms with van der Waals surface area (Å²) in [4.78, 5) is 29.4. The molecule has 4 rings (SSSR count). The Hall–Kier alpha value is -3.81. The van der Waals surface area contributed by atoms with Gasteiger partial charge in [0, 0.05) is 19.4 Å². The van der Waals surface area contributed by atoms with Gasteiger partial charge in [0.2, 0.25) is 5.91 Å².